The van der Waals surface area contributed by atoms with Crippen LogP contribution in [0.25, 0.3) is 5.82 Å². The fourth-order valence-electron chi connectivity index (χ4n) is 1.97. The Morgan fingerprint density at radius 3 is 2.62 bits per heavy atom. The number of aromatic nitrogens is 3. The maximum Gasteiger partial charge on any atom is 0.339 e. The third kappa shape index (κ3) is 2.73. The zero-order valence-electron chi connectivity index (χ0n) is 11.9. The fourth-order valence-corrected chi connectivity index (χ4v) is 1.97. The molecule has 2 aromatic rings. The smallest absolute Gasteiger partial charge is 0.339 e. The van der Waals surface area contributed by atoms with Gasteiger partial charge in [0.15, 0.2) is 5.82 Å². The van der Waals surface area contributed by atoms with Crippen molar-refractivity contribution in [2.45, 2.75) is 20.8 Å². The monoisotopic (exact) mass is 290 g/mol. The van der Waals surface area contributed by atoms with Crippen LogP contribution in [0.4, 0.5) is 5.69 Å². The first-order valence-electron chi connectivity index (χ1n) is 6.29. The number of nitro groups is 1. The molecule has 2 heterocycles. The minimum atomic E-state index is -0.471. The Balaban J connectivity index is 2.38. The van der Waals surface area contributed by atoms with Gasteiger partial charge in [-0.25, -0.2) is 14.5 Å². The van der Waals surface area contributed by atoms with E-state index in [4.69, 9.17) is 4.74 Å². The molecule has 2 aromatic heterocycles. The van der Waals surface area contributed by atoms with Gasteiger partial charge in [0.25, 0.3) is 0 Å². The zero-order chi connectivity index (χ0) is 15.6. The van der Waals surface area contributed by atoms with Crippen LogP contribution in [-0.2, 0) is 4.74 Å². The molecule has 0 aliphatic carbocycles. The van der Waals surface area contributed by atoms with E-state index in [1.165, 1.54) is 10.9 Å². The Kier molecular flexibility index (Phi) is 3.97. The van der Waals surface area contributed by atoms with Crippen LogP contribution in [-0.4, -0.2) is 32.3 Å². The SMILES string of the molecule is CCOC(=O)c1ccc(-n2nc(C)c([N+](=O)[O-])c2C)nc1. The summed E-state index contributed by atoms with van der Waals surface area (Å²) in [7, 11) is 0. The quantitative estimate of drug-likeness (QED) is 0.485. The summed E-state index contributed by atoms with van der Waals surface area (Å²) in [5.41, 5.74) is 0.977. The highest BCUT2D eigenvalue weighted by molar-refractivity contribution is 5.89. The van der Waals surface area contributed by atoms with Gasteiger partial charge in [-0.3, -0.25) is 10.1 Å². The second-order valence-corrected chi connectivity index (χ2v) is 4.31. The van der Waals surface area contributed by atoms with E-state index < -0.39 is 10.9 Å². The van der Waals surface area contributed by atoms with Crippen molar-refractivity contribution in [2.24, 2.45) is 0 Å². The van der Waals surface area contributed by atoms with Crippen LogP contribution in [0.5, 0.6) is 0 Å². The number of hydrogen-bond donors (Lipinski definition) is 0. The van der Waals surface area contributed by atoms with Crippen molar-refractivity contribution in [3.05, 3.63) is 45.4 Å². The molecule has 0 unspecified atom stereocenters. The first-order chi connectivity index (χ1) is 9.95. The number of nitrogens with zero attached hydrogens (tertiary/aromatic N) is 4. The molecule has 0 amide bonds. The second kappa shape index (κ2) is 5.70. The summed E-state index contributed by atoms with van der Waals surface area (Å²) in [4.78, 5) is 26.1. The average molecular weight is 290 g/mol. The molecular formula is C13H14N4O4. The van der Waals surface area contributed by atoms with Crippen molar-refractivity contribution in [3.63, 3.8) is 0 Å². The molecule has 21 heavy (non-hydrogen) atoms. The van der Waals surface area contributed by atoms with Crippen molar-refractivity contribution >= 4 is 11.7 Å². The molecule has 0 bridgehead atoms. The van der Waals surface area contributed by atoms with Gasteiger partial charge in [0.2, 0.25) is 0 Å². The number of aryl methyl sites for hydroxylation is 1. The van der Waals surface area contributed by atoms with Gasteiger partial charge in [-0.15, -0.1) is 0 Å². The Labute approximate surface area is 120 Å². The maximum atomic E-state index is 11.5. The van der Waals surface area contributed by atoms with Crippen LogP contribution in [0.2, 0.25) is 0 Å². The molecule has 8 heteroatoms. The van der Waals surface area contributed by atoms with Crippen LogP contribution in [0.3, 0.4) is 0 Å². The van der Waals surface area contributed by atoms with E-state index in [-0.39, 0.29) is 12.3 Å². The third-order valence-electron chi connectivity index (χ3n) is 2.91. The Hall–Kier alpha value is -2.77. The van der Waals surface area contributed by atoms with E-state index in [1.54, 1.807) is 32.9 Å². The largest absolute Gasteiger partial charge is 0.462 e. The number of rotatable bonds is 4. The molecule has 0 atom stereocenters. The molecule has 0 aliphatic rings. The van der Waals surface area contributed by atoms with Gasteiger partial charge in [0.1, 0.15) is 11.4 Å². The summed E-state index contributed by atoms with van der Waals surface area (Å²) in [5.74, 6) is -0.0624. The summed E-state index contributed by atoms with van der Waals surface area (Å²) in [6, 6.07) is 3.11. The molecule has 0 fully saturated rings. The number of hydrogen-bond acceptors (Lipinski definition) is 6. The van der Waals surface area contributed by atoms with Crippen molar-refractivity contribution in [1.82, 2.24) is 14.8 Å². The predicted molar refractivity (Wildman–Crippen MR) is 73.4 cm³/mol. The highest BCUT2D eigenvalue weighted by Crippen LogP contribution is 2.23. The summed E-state index contributed by atoms with van der Waals surface area (Å²) >= 11 is 0. The number of carbonyl (C=O) groups is 1. The Bertz CT molecular complexity index is 691. The van der Waals surface area contributed by atoms with E-state index in [2.05, 4.69) is 10.1 Å². The van der Waals surface area contributed by atoms with Gasteiger partial charge in [-0.05, 0) is 32.9 Å². The lowest BCUT2D eigenvalue weighted by Gasteiger charge is -2.04. The number of ether oxygens (including phenoxy) is 1. The molecule has 0 aliphatic heterocycles. The first-order valence-corrected chi connectivity index (χ1v) is 6.29. The molecule has 110 valence electrons. The topological polar surface area (TPSA) is 100 Å². The van der Waals surface area contributed by atoms with Gasteiger partial charge in [0, 0.05) is 6.20 Å². The second-order valence-electron chi connectivity index (χ2n) is 4.31. The first kappa shape index (κ1) is 14.6. The third-order valence-corrected chi connectivity index (χ3v) is 2.91. The van der Waals surface area contributed by atoms with Crippen LogP contribution in [0, 0.1) is 24.0 Å². The standard InChI is InChI=1S/C13H14N4O4/c1-4-21-13(18)10-5-6-11(14-7-10)16-9(3)12(17(19)20)8(2)15-16/h5-7H,4H2,1-3H3. The molecule has 2 rings (SSSR count). The molecule has 8 nitrogen and oxygen atoms in total. The van der Waals surface area contributed by atoms with Gasteiger partial charge >= 0.3 is 11.7 Å². The molecule has 0 radical (unpaired) electrons. The van der Waals surface area contributed by atoms with E-state index in [0.717, 1.165) is 0 Å². The minimum absolute atomic E-state index is 0.0359. The van der Waals surface area contributed by atoms with Crippen LogP contribution in [0.15, 0.2) is 18.3 Å². The van der Waals surface area contributed by atoms with Crippen LogP contribution >= 0.6 is 0 Å². The van der Waals surface area contributed by atoms with Crippen molar-refractivity contribution in [2.75, 3.05) is 6.61 Å². The predicted octanol–water partition coefficient (Wildman–Crippen LogP) is 1.97. The van der Waals surface area contributed by atoms with Crippen molar-refractivity contribution in [1.29, 1.82) is 0 Å². The lowest BCUT2D eigenvalue weighted by atomic mass is 10.3. The normalized spacial score (nSPS) is 10.4. The fraction of sp³-hybridized carbons (Fsp3) is 0.308. The summed E-state index contributed by atoms with van der Waals surface area (Å²) in [5, 5.41) is 15.1. The van der Waals surface area contributed by atoms with Crippen LogP contribution < -0.4 is 0 Å². The number of pyridine rings is 1. The lowest BCUT2D eigenvalue weighted by Crippen LogP contribution is -2.07. The zero-order valence-corrected chi connectivity index (χ0v) is 11.9. The van der Waals surface area contributed by atoms with E-state index >= 15 is 0 Å². The molecule has 0 aromatic carbocycles. The molecule has 0 N–H and O–H groups in total. The summed E-state index contributed by atoms with van der Waals surface area (Å²) in [6.45, 7) is 5.16. The van der Waals surface area contributed by atoms with E-state index in [0.29, 0.717) is 22.8 Å². The van der Waals surface area contributed by atoms with Gasteiger partial charge < -0.3 is 4.74 Å². The number of esters is 1. The molecule has 0 spiro atoms. The summed E-state index contributed by atoms with van der Waals surface area (Å²) < 4.78 is 6.24. The molecule has 0 saturated carbocycles. The molecular weight excluding hydrogens is 276 g/mol. The Morgan fingerprint density at radius 1 is 1.43 bits per heavy atom. The van der Waals surface area contributed by atoms with Gasteiger partial charge in [0.05, 0.1) is 17.1 Å². The molecule has 0 saturated heterocycles. The van der Waals surface area contributed by atoms with Crippen molar-refractivity contribution in [3.8, 4) is 5.82 Å². The Morgan fingerprint density at radius 2 is 2.14 bits per heavy atom. The highest BCUT2D eigenvalue weighted by Gasteiger charge is 2.23. The minimum Gasteiger partial charge on any atom is -0.462 e. The average Bonchev–Trinajstić information content (AvgIpc) is 2.74. The van der Waals surface area contributed by atoms with E-state index in [9.17, 15) is 14.9 Å². The highest BCUT2D eigenvalue weighted by atomic mass is 16.6. The van der Waals surface area contributed by atoms with Crippen molar-refractivity contribution < 1.29 is 14.5 Å². The summed E-state index contributed by atoms with van der Waals surface area (Å²) in [6.07, 6.45) is 1.36. The number of carbonyl (C=O) groups excluding carboxylic acids is 1. The van der Waals surface area contributed by atoms with Gasteiger partial charge in [-0.1, -0.05) is 0 Å². The van der Waals surface area contributed by atoms with Gasteiger partial charge in [-0.2, -0.15) is 5.10 Å². The van der Waals surface area contributed by atoms with Crippen LogP contribution in [0.1, 0.15) is 28.7 Å². The lowest BCUT2D eigenvalue weighted by molar-refractivity contribution is -0.386. The van der Waals surface area contributed by atoms with E-state index in [1.807, 2.05) is 0 Å². The maximum absolute atomic E-state index is 11.5.